The molecule has 1 unspecified atom stereocenters. The van der Waals surface area contributed by atoms with Crippen LogP contribution in [0.15, 0.2) is 100 Å². The Bertz CT molecular complexity index is 1030. The standard InChI is InChI=1S/C28H27IO4/c1-27(2)32-25-22(23(29)24(30)26(25)33-27)18-31-28(19-12-6-3-7-13-19,20-14-8-4-9-15-20)21-16-10-5-11-17-21/h3-17,24-26,30H,18H2,1-2H3/t24?,25-,26+/m1/s1. The number of aliphatic hydroxyl groups is 1. The summed E-state index contributed by atoms with van der Waals surface area (Å²) in [6.45, 7) is 4.06. The lowest BCUT2D eigenvalue weighted by Crippen LogP contribution is -2.35. The quantitative estimate of drug-likeness (QED) is 0.320. The summed E-state index contributed by atoms with van der Waals surface area (Å²) in [7, 11) is 0. The van der Waals surface area contributed by atoms with Crippen molar-refractivity contribution in [3.8, 4) is 0 Å². The summed E-state index contributed by atoms with van der Waals surface area (Å²) < 4.78 is 20.0. The van der Waals surface area contributed by atoms with Gasteiger partial charge in [-0.15, -0.1) is 0 Å². The number of fused-ring (bicyclic) bond motifs is 1. The lowest BCUT2D eigenvalue weighted by Gasteiger charge is -2.36. The minimum atomic E-state index is -0.828. The molecule has 4 nitrogen and oxygen atoms in total. The van der Waals surface area contributed by atoms with Crippen molar-refractivity contribution in [2.75, 3.05) is 6.61 Å². The van der Waals surface area contributed by atoms with Crippen LogP contribution in [0.4, 0.5) is 0 Å². The van der Waals surface area contributed by atoms with E-state index in [1.807, 2.05) is 68.4 Å². The van der Waals surface area contributed by atoms with Crippen LogP contribution in [0, 0.1) is 0 Å². The second-order valence-electron chi connectivity index (χ2n) is 8.91. The number of hydrogen-bond donors (Lipinski definition) is 1. The Morgan fingerprint density at radius 1 is 0.818 bits per heavy atom. The number of benzene rings is 3. The zero-order valence-corrected chi connectivity index (χ0v) is 20.8. The van der Waals surface area contributed by atoms with E-state index in [0.29, 0.717) is 6.61 Å². The van der Waals surface area contributed by atoms with E-state index in [4.69, 9.17) is 14.2 Å². The van der Waals surface area contributed by atoms with Crippen LogP contribution in [-0.4, -0.2) is 35.8 Å². The monoisotopic (exact) mass is 554 g/mol. The number of rotatable bonds is 6. The van der Waals surface area contributed by atoms with Gasteiger partial charge in [-0.2, -0.15) is 0 Å². The average molecular weight is 554 g/mol. The Morgan fingerprint density at radius 2 is 1.27 bits per heavy atom. The number of aliphatic hydroxyl groups excluding tert-OH is 1. The van der Waals surface area contributed by atoms with Gasteiger partial charge in [-0.05, 0) is 58.7 Å². The number of ether oxygens (including phenoxy) is 3. The van der Waals surface area contributed by atoms with E-state index < -0.39 is 23.6 Å². The second-order valence-corrected chi connectivity index (χ2v) is 10.1. The van der Waals surface area contributed by atoms with Crippen molar-refractivity contribution in [2.24, 2.45) is 0 Å². The summed E-state index contributed by atoms with van der Waals surface area (Å²) in [5.41, 5.74) is 3.23. The minimum Gasteiger partial charge on any atom is -0.385 e. The summed E-state index contributed by atoms with van der Waals surface area (Å²) in [6.07, 6.45) is -1.46. The van der Waals surface area contributed by atoms with Gasteiger partial charge in [0.15, 0.2) is 5.79 Å². The lowest BCUT2D eigenvalue weighted by molar-refractivity contribution is -0.153. The number of halogens is 1. The molecule has 0 spiro atoms. The maximum Gasteiger partial charge on any atom is 0.164 e. The molecule has 0 radical (unpaired) electrons. The van der Waals surface area contributed by atoms with Crippen LogP contribution < -0.4 is 0 Å². The van der Waals surface area contributed by atoms with E-state index in [2.05, 4.69) is 59.0 Å². The molecule has 33 heavy (non-hydrogen) atoms. The highest BCUT2D eigenvalue weighted by molar-refractivity contribution is 14.1. The summed E-state index contributed by atoms with van der Waals surface area (Å²) in [4.78, 5) is 0. The molecular weight excluding hydrogens is 527 g/mol. The molecule has 2 aliphatic rings. The largest absolute Gasteiger partial charge is 0.385 e. The molecule has 170 valence electrons. The van der Waals surface area contributed by atoms with E-state index in [1.54, 1.807) is 0 Å². The van der Waals surface area contributed by atoms with Gasteiger partial charge in [-0.3, -0.25) is 0 Å². The fourth-order valence-electron chi connectivity index (χ4n) is 4.87. The topological polar surface area (TPSA) is 47.9 Å². The Hall–Kier alpha value is -2.03. The first-order valence-electron chi connectivity index (χ1n) is 11.1. The molecule has 1 heterocycles. The Kier molecular flexibility index (Phi) is 6.18. The average Bonchev–Trinajstić information content (AvgIpc) is 3.27. The molecule has 1 aliphatic carbocycles. The molecule has 0 saturated carbocycles. The van der Waals surface area contributed by atoms with Gasteiger partial charge < -0.3 is 19.3 Å². The highest BCUT2D eigenvalue weighted by Crippen LogP contribution is 2.46. The minimum absolute atomic E-state index is 0.300. The highest BCUT2D eigenvalue weighted by Gasteiger charge is 2.53. The van der Waals surface area contributed by atoms with Crippen molar-refractivity contribution < 1.29 is 19.3 Å². The lowest BCUT2D eigenvalue weighted by atomic mass is 9.80. The third-order valence-corrected chi connectivity index (χ3v) is 7.67. The molecular formula is C28H27IO4. The molecule has 0 amide bonds. The predicted molar refractivity (Wildman–Crippen MR) is 136 cm³/mol. The smallest absolute Gasteiger partial charge is 0.164 e. The molecule has 5 heteroatoms. The number of hydrogen-bond acceptors (Lipinski definition) is 4. The fourth-order valence-corrected chi connectivity index (χ4v) is 5.68. The van der Waals surface area contributed by atoms with Crippen LogP contribution in [-0.2, 0) is 19.8 Å². The van der Waals surface area contributed by atoms with Crippen molar-refractivity contribution >= 4 is 22.6 Å². The van der Waals surface area contributed by atoms with Crippen molar-refractivity contribution in [3.05, 3.63) is 117 Å². The van der Waals surface area contributed by atoms with Gasteiger partial charge in [0.25, 0.3) is 0 Å². The molecule has 1 N–H and O–H groups in total. The van der Waals surface area contributed by atoms with Gasteiger partial charge in [0, 0.05) is 3.58 Å². The maximum absolute atomic E-state index is 10.8. The fraction of sp³-hybridized carbons (Fsp3) is 0.286. The first-order chi connectivity index (χ1) is 15.9. The van der Waals surface area contributed by atoms with Crippen molar-refractivity contribution in [1.82, 2.24) is 0 Å². The molecule has 1 fully saturated rings. The Morgan fingerprint density at radius 3 is 1.73 bits per heavy atom. The maximum atomic E-state index is 10.8. The van der Waals surface area contributed by atoms with Crippen LogP contribution in [0.1, 0.15) is 30.5 Å². The first kappa shape index (κ1) is 22.7. The van der Waals surface area contributed by atoms with Crippen molar-refractivity contribution in [2.45, 2.75) is 43.5 Å². The summed E-state index contributed by atoms with van der Waals surface area (Å²) in [5.74, 6) is -0.742. The van der Waals surface area contributed by atoms with E-state index >= 15 is 0 Å². The van der Waals surface area contributed by atoms with E-state index in [-0.39, 0.29) is 6.10 Å². The summed E-state index contributed by atoms with van der Waals surface area (Å²) in [6, 6.07) is 30.9. The second kappa shape index (κ2) is 8.96. The van der Waals surface area contributed by atoms with Gasteiger partial charge in [-0.1, -0.05) is 91.0 Å². The third-order valence-electron chi connectivity index (χ3n) is 6.34. The van der Waals surface area contributed by atoms with Crippen molar-refractivity contribution in [1.29, 1.82) is 0 Å². The molecule has 3 aromatic rings. The van der Waals surface area contributed by atoms with Crippen LogP contribution in [0.5, 0.6) is 0 Å². The van der Waals surface area contributed by atoms with Crippen molar-refractivity contribution in [3.63, 3.8) is 0 Å². The molecule has 1 aliphatic heterocycles. The normalized spacial score (nSPS) is 24.2. The zero-order chi connectivity index (χ0) is 23.1. The van der Waals surface area contributed by atoms with Crippen LogP contribution >= 0.6 is 22.6 Å². The van der Waals surface area contributed by atoms with Gasteiger partial charge in [0.2, 0.25) is 0 Å². The molecule has 3 atom stereocenters. The van der Waals surface area contributed by atoms with Crippen LogP contribution in [0.2, 0.25) is 0 Å². The zero-order valence-electron chi connectivity index (χ0n) is 18.6. The molecule has 1 saturated heterocycles. The van der Waals surface area contributed by atoms with Crippen LogP contribution in [0.25, 0.3) is 0 Å². The molecule has 0 bridgehead atoms. The Balaban J connectivity index is 1.60. The molecule has 5 rings (SSSR count). The summed E-state index contributed by atoms with van der Waals surface area (Å²) >= 11 is 2.20. The van der Waals surface area contributed by atoms with E-state index in [1.165, 1.54) is 0 Å². The third kappa shape index (κ3) is 4.06. The van der Waals surface area contributed by atoms with E-state index in [0.717, 1.165) is 25.8 Å². The van der Waals surface area contributed by atoms with Gasteiger partial charge in [0.05, 0.1) is 6.61 Å². The highest BCUT2D eigenvalue weighted by atomic mass is 127. The van der Waals surface area contributed by atoms with E-state index in [9.17, 15) is 5.11 Å². The molecule has 0 aromatic heterocycles. The van der Waals surface area contributed by atoms with Gasteiger partial charge in [0.1, 0.15) is 23.9 Å². The predicted octanol–water partition coefficient (Wildman–Crippen LogP) is 5.58. The summed E-state index contributed by atoms with van der Waals surface area (Å²) in [5, 5.41) is 10.8. The van der Waals surface area contributed by atoms with Crippen LogP contribution in [0.3, 0.4) is 0 Å². The molecule has 3 aromatic carbocycles. The Labute approximate surface area is 208 Å². The SMILES string of the molecule is CC1(C)O[C@@H]2C(COC(c3ccccc3)(c3ccccc3)c3ccccc3)=C(I)C(O)[C@@H]2O1. The van der Waals surface area contributed by atoms with Gasteiger partial charge in [-0.25, -0.2) is 0 Å². The van der Waals surface area contributed by atoms with Gasteiger partial charge >= 0.3 is 0 Å². The first-order valence-corrected chi connectivity index (χ1v) is 12.2.